The molecule has 0 aliphatic carbocycles. The first-order valence-electron chi connectivity index (χ1n) is 8.94. The summed E-state index contributed by atoms with van der Waals surface area (Å²) < 4.78 is 0. The summed E-state index contributed by atoms with van der Waals surface area (Å²) >= 11 is 17.8. The number of carbonyl (C=O) groups is 2. The smallest absolute Gasteiger partial charge is 0.275 e. The zero-order valence-electron chi connectivity index (χ0n) is 16.1. The number of aromatic hydroxyl groups is 1. The first-order valence-corrected chi connectivity index (χ1v) is 10.1. The summed E-state index contributed by atoms with van der Waals surface area (Å²) in [6, 6.07) is 15.7. The molecule has 9 heteroatoms. The van der Waals surface area contributed by atoms with Gasteiger partial charge in [-0.2, -0.15) is 5.10 Å². The molecule has 0 bridgehead atoms. The molecule has 3 aromatic carbocycles. The highest BCUT2D eigenvalue weighted by Gasteiger charge is 2.13. The fourth-order valence-electron chi connectivity index (χ4n) is 2.62. The van der Waals surface area contributed by atoms with Crippen molar-refractivity contribution in [3.63, 3.8) is 0 Å². The van der Waals surface area contributed by atoms with Crippen LogP contribution in [0, 0.1) is 0 Å². The van der Waals surface area contributed by atoms with Crippen LogP contribution in [0.5, 0.6) is 5.75 Å². The van der Waals surface area contributed by atoms with Crippen LogP contribution in [0.3, 0.4) is 0 Å². The Morgan fingerprint density at radius 1 is 0.839 bits per heavy atom. The highest BCUT2D eigenvalue weighted by atomic mass is 35.5. The van der Waals surface area contributed by atoms with Crippen LogP contribution < -0.4 is 10.7 Å². The van der Waals surface area contributed by atoms with Gasteiger partial charge in [0, 0.05) is 15.7 Å². The standard InChI is InChI=1S/C22H16Cl3N3O3/c1-12(27-28-22(31)18-10-14(23)5-9-20(18)29)13-2-6-16(7-3-13)26-21(30)17-8-4-15(24)11-19(17)25/h2-11,29H,1H3,(H,26,30)(H,28,31). The second kappa shape index (κ2) is 9.83. The molecule has 2 amide bonds. The number of hydrazone groups is 1. The zero-order valence-corrected chi connectivity index (χ0v) is 18.4. The predicted octanol–water partition coefficient (Wildman–Crippen LogP) is 5.76. The van der Waals surface area contributed by atoms with E-state index in [9.17, 15) is 14.7 Å². The minimum Gasteiger partial charge on any atom is -0.507 e. The Balaban J connectivity index is 1.66. The molecule has 0 aliphatic rings. The first kappa shape index (κ1) is 22.6. The van der Waals surface area contributed by atoms with Crippen LogP contribution in [-0.2, 0) is 0 Å². The minimum atomic E-state index is -0.594. The predicted molar refractivity (Wildman–Crippen MR) is 124 cm³/mol. The quantitative estimate of drug-likeness (QED) is 0.323. The number of benzene rings is 3. The van der Waals surface area contributed by atoms with Gasteiger partial charge in [-0.1, -0.05) is 46.9 Å². The van der Waals surface area contributed by atoms with E-state index in [0.717, 1.165) is 5.56 Å². The van der Waals surface area contributed by atoms with Crippen molar-refractivity contribution < 1.29 is 14.7 Å². The lowest BCUT2D eigenvalue weighted by Crippen LogP contribution is -2.19. The average molecular weight is 477 g/mol. The van der Waals surface area contributed by atoms with Crippen molar-refractivity contribution in [1.82, 2.24) is 5.43 Å². The van der Waals surface area contributed by atoms with Crippen molar-refractivity contribution in [2.24, 2.45) is 5.10 Å². The summed E-state index contributed by atoms with van der Waals surface area (Å²) in [7, 11) is 0. The highest BCUT2D eigenvalue weighted by molar-refractivity contribution is 6.37. The van der Waals surface area contributed by atoms with Crippen LogP contribution in [0.25, 0.3) is 0 Å². The number of nitrogens with zero attached hydrogens (tertiary/aromatic N) is 1. The number of phenolic OH excluding ortho intramolecular Hbond substituents is 1. The number of halogens is 3. The molecular weight excluding hydrogens is 461 g/mol. The molecule has 0 radical (unpaired) electrons. The topological polar surface area (TPSA) is 90.8 Å². The minimum absolute atomic E-state index is 0.0166. The van der Waals surface area contributed by atoms with Crippen LogP contribution in [-0.4, -0.2) is 22.6 Å². The highest BCUT2D eigenvalue weighted by Crippen LogP contribution is 2.23. The van der Waals surface area contributed by atoms with Crippen LogP contribution in [0.15, 0.2) is 65.8 Å². The molecule has 6 nitrogen and oxygen atoms in total. The Hall–Kier alpha value is -3.06. The number of phenols is 1. The van der Waals surface area contributed by atoms with Gasteiger partial charge in [0.15, 0.2) is 0 Å². The monoisotopic (exact) mass is 475 g/mol. The molecule has 3 rings (SSSR count). The Morgan fingerprint density at radius 3 is 2.16 bits per heavy atom. The largest absolute Gasteiger partial charge is 0.507 e. The van der Waals surface area contributed by atoms with Gasteiger partial charge in [0.2, 0.25) is 0 Å². The average Bonchev–Trinajstić information content (AvgIpc) is 2.74. The Morgan fingerprint density at radius 2 is 1.48 bits per heavy atom. The second-order valence-electron chi connectivity index (χ2n) is 6.46. The third-order valence-electron chi connectivity index (χ3n) is 4.26. The molecule has 0 fully saturated rings. The molecule has 0 saturated heterocycles. The van der Waals surface area contributed by atoms with Crippen molar-refractivity contribution in [1.29, 1.82) is 0 Å². The van der Waals surface area contributed by atoms with Gasteiger partial charge in [0.05, 0.1) is 21.9 Å². The number of hydrogen-bond donors (Lipinski definition) is 3. The fraction of sp³-hybridized carbons (Fsp3) is 0.0455. The van der Waals surface area contributed by atoms with Gasteiger partial charge < -0.3 is 10.4 Å². The summed E-state index contributed by atoms with van der Waals surface area (Å²) in [4.78, 5) is 24.6. The van der Waals surface area contributed by atoms with Crippen LogP contribution in [0.4, 0.5) is 5.69 Å². The number of nitrogens with one attached hydrogen (secondary N) is 2. The SMILES string of the molecule is CC(=NNC(=O)c1cc(Cl)ccc1O)c1ccc(NC(=O)c2ccc(Cl)cc2Cl)cc1. The summed E-state index contributed by atoms with van der Waals surface area (Å²) in [6.45, 7) is 1.71. The molecule has 0 saturated carbocycles. The molecule has 31 heavy (non-hydrogen) atoms. The van der Waals surface area contributed by atoms with E-state index in [1.807, 2.05) is 0 Å². The molecule has 0 aromatic heterocycles. The van der Waals surface area contributed by atoms with Gasteiger partial charge in [-0.3, -0.25) is 9.59 Å². The first-order chi connectivity index (χ1) is 14.7. The molecule has 3 aromatic rings. The van der Waals surface area contributed by atoms with Gasteiger partial charge in [-0.25, -0.2) is 5.43 Å². The van der Waals surface area contributed by atoms with Gasteiger partial charge in [-0.15, -0.1) is 0 Å². The molecule has 0 spiro atoms. The summed E-state index contributed by atoms with van der Waals surface area (Å²) in [6.07, 6.45) is 0. The fourth-order valence-corrected chi connectivity index (χ4v) is 3.28. The zero-order chi connectivity index (χ0) is 22.5. The number of rotatable bonds is 5. The molecule has 158 valence electrons. The van der Waals surface area contributed by atoms with Gasteiger partial charge in [0.1, 0.15) is 5.75 Å². The van der Waals surface area contributed by atoms with Crippen molar-refractivity contribution in [2.75, 3.05) is 5.32 Å². The summed E-state index contributed by atoms with van der Waals surface area (Å²) in [5, 5.41) is 17.6. The van der Waals surface area contributed by atoms with Crippen molar-refractivity contribution in [3.8, 4) is 5.75 Å². The third-order valence-corrected chi connectivity index (χ3v) is 5.05. The normalized spacial score (nSPS) is 11.2. The molecule has 0 aliphatic heterocycles. The maximum Gasteiger partial charge on any atom is 0.275 e. The molecular formula is C22H16Cl3N3O3. The van der Waals surface area contributed by atoms with Gasteiger partial charge in [-0.05, 0) is 61.0 Å². The molecule has 3 N–H and O–H groups in total. The third kappa shape index (κ3) is 5.76. The van der Waals surface area contributed by atoms with Crippen molar-refractivity contribution in [2.45, 2.75) is 6.92 Å². The number of amides is 2. The number of anilines is 1. The lowest BCUT2D eigenvalue weighted by molar-refractivity contribution is 0.0951. The van der Waals surface area contributed by atoms with E-state index in [1.54, 1.807) is 43.3 Å². The van der Waals surface area contributed by atoms with Crippen LogP contribution in [0.2, 0.25) is 15.1 Å². The van der Waals surface area contributed by atoms with E-state index in [-0.39, 0.29) is 22.2 Å². The Bertz CT molecular complexity index is 1180. The number of hydrogen-bond acceptors (Lipinski definition) is 4. The van der Waals surface area contributed by atoms with Gasteiger partial charge in [0.25, 0.3) is 11.8 Å². The molecule has 0 unspecified atom stereocenters. The van der Waals surface area contributed by atoms with Crippen molar-refractivity contribution >= 4 is 58.0 Å². The lowest BCUT2D eigenvalue weighted by Gasteiger charge is -2.08. The van der Waals surface area contributed by atoms with Crippen LogP contribution in [0.1, 0.15) is 33.2 Å². The number of carbonyl (C=O) groups excluding carboxylic acids is 2. The van der Waals surface area contributed by atoms with Gasteiger partial charge >= 0.3 is 0 Å². The van der Waals surface area contributed by atoms with E-state index in [1.165, 1.54) is 24.3 Å². The van der Waals surface area contributed by atoms with E-state index < -0.39 is 5.91 Å². The summed E-state index contributed by atoms with van der Waals surface area (Å²) in [5.74, 6) is -1.16. The lowest BCUT2D eigenvalue weighted by atomic mass is 10.1. The van der Waals surface area contributed by atoms with Crippen molar-refractivity contribution in [3.05, 3.63) is 92.4 Å². The maximum atomic E-state index is 12.4. The Kier molecular flexibility index (Phi) is 7.17. The summed E-state index contributed by atoms with van der Waals surface area (Å²) in [5.41, 5.74) is 4.50. The van der Waals surface area contributed by atoms with E-state index >= 15 is 0 Å². The molecule has 0 heterocycles. The van der Waals surface area contributed by atoms with Crippen LogP contribution >= 0.6 is 34.8 Å². The second-order valence-corrected chi connectivity index (χ2v) is 7.74. The maximum absolute atomic E-state index is 12.4. The molecule has 0 atom stereocenters. The van der Waals surface area contributed by atoms with E-state index in [0.29, 0.717) is 27.0 Å². The Labute approximate surface area is 193 Å². The van der Waals surface area contributed by atoms with E-state index in [2.05, 4.69) is 15.8 Å². The van der Waals surface area contributed by atoms with E-state index in [4.69, 9.17) is 34.8 Å².